The predicted molar refractivity (Wildman–Crippen MR) is 43.9 cm³/mol. The maximum atomic E-state index is 12.7. The number of carbonyl (C=O) groups is 1. The van der Waals surface area contributed by atoms with E-state index in [0.717, 1.165) is 6.07 Å². The van der Waals surface area contributed by atoms with Crippen molar-refractivity contribution in [2.24, 2.45) is 0 Å². The summed E-state index contributed by atoms with van der Waals surface area (Å²) in [6.45, 7) is -0.105. The Morgan fingerprint density at radius 3 is 3.00 bits per heavy atom. The van der Waals surface area contributed by atoms with Gasteiger partial charge < -0.3 is 14.6 Å². The molecule has 14 heavy (non-hydrogen) atoms. The summed E-state index contributed by atoms with van der Waals surface area (Å²) in [4.78, 5) is 10.6. The second kappa shape index (κ2) is 3.17. The van der Waals surface area contributed by atoms with Crippen LogP contribution < -0.4 is 9.47 Å². The summed E-state index contributed by atoms with van der Waals surface area (Å²) in [5, 5.41) is 8.64. The summed E-state index contributed by atoms with van der Waals surface area (Å²) < 4.78 is 22.8. The fraction of sp³-hybridized carbons (Fsp3) is 0.222. The van der Waals surface area contributed by atoms with Crippen molar-refractivity contribution in [1.82, 2.24) is 0 Å². The quantitative estimate of drug-likeness (QED) is 0.732. The van der Waals surface area contributed by atoms with Crippen LogP contribution in [0, 0.1) is 5.82 Å². The van der Waals surface area contributed by atoms with Gasteiger partial charge >= 0.3 is 5.97 Å². The van der Waals surface area contributed by atoms with Crippen molar-refractivity contribution in [1.29, 1.82) is 0 Å². The lowest BCUT2D eigenvalue weighted by Gasteiger charge is -2.23. The maximum Gasteiger partial charge on any atom is 0.348 e. The van der Waals surface area contributed by atoms with Gasteiger partial charge in [0.15, 0.2) is 11.5 Å². The highest BCUT2D eigenvalue weighted by Gasteiger charge is 2.26. The third-order valence-electron chi connectivity index (χ3n) is 1.84. The van der Waals surface area contributed by atoms with Crippen LogP contribution in [-0.2, 0) is 4.79 Å². The highest BCUT2D eigenvalue weighted by molar-refractivity contribution is 5.73. The van der Waals surface area contributed by atoms with E-state index in [2.05, 4.69) is 0 Å². The van der Waals surface area contributed by atoms with Crippen LogP contribution in [0.3, 0.4) is 0 Å². The lowest BCUT2D eigenvalue weighted by Crippen LogP contribution is -2.36. The van der Waals surface area contributed by atoms with E-state index < -0.39 is 17.9 Å². The Labute approximate surface area is 78.9 Å². The van der Waals surface area contributed by atoms with Crippen LogP contribution in [0.25, 0.3) is 0 Å². The zero-order valence-electron chi connectivity index (χ0n) is 7.07. The van der Waals surface area contributed by atoms with Crippen molar-refractivity contribution in [3.63, 3.8) is 0 Å². The molecule has 0 spiro atoms. The molecule has 74 valence electrons. The van der Waals surface area contributed by atoms with Crippen LogP contribution >= 0.6 is 0 Å². The molecule has 0 unspecified atom stereocenters. The number of carboxylic acids is 1. The molecular weight excluding hydrogens is 191 g/mol. The monoisotopic (exact) mass is 198 g/mol. The Morgan fingerprint density at radius 2 is 2.29 bits per heavy atom. The Balaban J connectivity index is 2.27. The van der Waals surface area contributed by atoms with E-state index >= 15 is 0 Å². The van der Waals surface area contributed by atoms with Gasteiger partial charge in [0, 0.05) is 6.07 Å². The van der Waals surface area contributed by atoms with E-state index in [-0.39, 0.29) is 18.1 Å². The molecular formula is C9H7FO4. The summed E-state index contributed by atoms with van der Waals surface area (Å²) in [6, 6.07) is 3.69. The first-order valence-corrected chi connectivity index (χ1v) is 3.98. The van der Waals surface area contributed by atoms with Crippen molar-refractivity contribution in [3.05, 3.63) is 24.0 Å². The lowest BCUT2D eigenvalue weighted by atomic mass is 10.2. The van der Waals surface area contributed by atoms with Crippen LogP contribution in [0.4, 0.5) is 4.39 Å². The van der Waals surface area contributed by atoms with Gasteiger partial charge in [-0.3, -0.25) is 0 Å². The molecule has 2 rings (SSSR count). The van der Waals surface area contributed by atoms with Gasteiger partial charge in [-0.15, -0.1) is 0 Å². The van der Waals surface area contributed by atoms with Gasteiger partial charge in [-0.05, 0) is 12.1 Å². The molecule has 1 aromatic rings. The molecule has 0 saturated heterocycles. The van der Waals surface area contributed by atoms with E-state index in [0.29, 0.717) is 0 Å². The third kappa shape index (κ3) is 1.48. The van der Waals surface area contributed by atoms with Crippen LogP contribution in [0.5, 0.6) is 11.5 Å². The van der Waals surface area contributed by atoms with Crippen molar-refractivity contribution in [3.8, 4) is 11.5 Å². The number of hydrogen-bond donors (Lipinski definition) is 1. The largest absolute Gasteiger partial charge is 0.485 e. The van der Waals surface area contributed by atoms with E-state index in [1.54, 1.807) is 0 Å². The standard InChI is InChI=1S/C9H7FO4/c10-5-1-2-6-7(3-5)13-4-8(14-6)9(11)12/h1-3,8H,4H2,(H,11,12)/t8-/m1/s1. The molecule has 0 aliphatic carbocycles. The highest BCUT2D eigenvalue weighted by atomic mass is 19.1. The number of aliphatic carboxylic acids is 1. The third-order valence-corrected chi connectivity index (χ3v) is 1.84. The number of ether oxygens (including phenoxy) is 2. The normalized spacial score (nSPS) is 19.1. The van der Waals surface area contributed by atoms with Crippen molar-refractivity contribution in [2.45, 2.75) is 6.10 Å². The summed E-state index contributed by atoms with van der Waals surface area (Å²) in [5.41, 5.74) is 0. The topological polar surface area (TPSA) is 55.8 Å². The number of halogens is 1. The van der Waals surface area contributed by atoms with Crippen LogP contribution in [0.15, 0.2) is 18.2 Å². The first-order chi connectivity index (χ1) is 6.66. The first-order valence-electron chi connectivity index (χ1n) is 3.98. The Morgan fingerprint density at radius 1 is 1.50 bits per heavy atom. The van der Waals surface area contributed by atoms with E-state index in [9.17, 15) is 9.18 Å². The number of benzene rings is 1. The molecule has 4 nitrogen and oxygen atoms in total. The zero-order chi connectivity index (χ0) is 10.1. The summed E-state index contributed by atoms with van der Waals surface area (Å²) in [6.07, 6.45) is -1.02. The van der Waals surface area contributed by atoms with Gasteiger partial charge in [0.25, 0.3) is 0 Å². The smallest absolute Gasteiger partial charge is 0.348 e. The molecule has 5 heteroatoms. The Kier molecular flexibility index (Phi) is 1.99. The molecule has 0 saturated carbocycles. The molecule has 0 bridgehead atoms. The molecule has 1 heterocycles. The molecule has 1 atom stereocenters. The van der Waals surface area contributed by atoms with E-state index in [4.69, 9.17) is 14.6 Å². The van der Waals surface area contributed by atoms with Gasteiger partial charge in [0.2, 0.25) is 6.10 Å². The van der Waals surface area contributed by atoms with Gasteiger partial charge in [-0.1, -0.05) is 0 Å². The average Bonchev–Trinajstić information content (AvgIpc) is 2.16. The van der Waals surface area contributed by atoms with Crippen LogP contribution in [0.2, 0.25) is 0 Å². The first kappa shape index (κ1) is 8.80. The fourth-order valence-electron chi connectivity index (χ4n) is 1.17. The Bertz CT molecular complexity index is 377. The van der Waals surface area contributed by atoms with Gasteiger partial charge in [-0.2, -0.15) is 0 Å². The molecule has 1 N–H and O–H groups in total. The number of rotatable bonds is 1. The Hall–Kier alpha value is -1.78. The fourth-order valence-corrected chi connectivity index (χ4v) is 1.17. The molecule has 1 aliphatic rings. The van der Waals surface area contributed by atoms with Crippen LogP contribution in [-0.4, -0.2) is 23.8 Å². The average molecular weight is 198 g/mol. The van der Waals surface area contributed by atoms with E-state index in [1.165, 1.54) is 12.1 Å². The van der Waals surface area contributed by atoms with Gasteiger partial charge in [-0.25, -0.2) is 9.18 Å². The summed E-state index contributed by atoms with van der Waals surface area (Å²) in [7, 11) is 0. The van der Waals surface area contributed by atoms with E-state index in [1.807, 2.05) is 0 Å². The molecule has 1 aromatic carbocycles. The summed E-state index contributed by atoms with van der Waals surface area (Å²) >= 11 is 0. The number of hydrogen-bond acceptors (Lipinski definition) is 3. The molecule has 1 aliphatic heterocycles. The molecule has 0 aromatic heterocycles. The van der Waals surface area contributed by atoms with Crippen molar-refractivity contribution >= 4 is 5.97 Å². The molecule has 0 radical (unpaired) electrons. The number of fused-ring (bicyclic) bond motifs is 1. The lowest BCUT2D eigenvalue weighted by molar-refractivity contribution is -0.147. The van der Waals surface area contributed by atoms with Gasteiger partial charge in [0.05, 0.1) is 0 Å². The SMILES string of the molecule is O=C(O)[C@H]1COc2cc(F)ccc2O1. The van der Waals surface area contributed by atoms with Crippen molar-refractivity contribution in [2.75, 3.05) is 6.61 Å². The second-order valence-electron chi connectivity index (χ2n) is 2.85. The maximum absolute atomic E-state index is 12.7. The number of carboxylic acid groups (broad SMARTS) is 1. The predicted octanol–water partition coefficient (Wildman–Crippen LogP) is 1.05. The second-order valence-corrected chi connectivity index (χ2v) is 2.85. The highest BCUT2D eigenvalue weighted by Crippen LogP contribution is 2.31. The molecule has 0 amide bonds. The minimum Gasteiger partial charge on any atom is -0.485 e. The van der Waals surface area contributed by atoms with Crippen LogP contribution in [0.1, 0.15) is 0 Å². The van der Waals surface area contributed by atoms with Gasteiger partial charge in [0.1, 0.15) is 12.4 Å². The minimum atomic E-state index is -1.10. The minimum absolute atomic E-state index is 0.105. The van der Waals surface area contributed by atoms with Crippen molar-refractivity contribution < 1.29 is 23.8 Å². The zero-order valence-corrected chi connectivity index (χ0v) is 7.07. The summed E-state index contributed by atoms with van der Waals surface area (Å²) in [5.74, 6) is -1.05. The molecule has 0 fully saturated rings.